The van der Waals surface area contributed by atoms with Crippen LogP contribution in [-0.2, 0) is 29.0 Å². The number of carbonyl (C=O) groups excluding carboxylic acids is 2. The number of nitrogens with one attached hydrogen (secondary N) is 1. The molecule has 5 heteroatoms. The van der Waals surface area contributed by atoms with Crippen LogP contribution >= 0.6 is 11.6 Å². The molecule has 0 unspecified atom stereocenters. The summed E-state index contributed by atoms with van der Waals surface area (Å²) >= 11 is 6.29. The van der Waals surface area contributed by atoms with Gasteiger partial charge in [0, 0.05) is 31.5 Å². The zero-order chi connectivity index (χ0) is 22.9. The van der Waals surface area contributed by atoms with E-state index in [-0.39, 0.29) is 18.2 Å². The lowest BCUT2D eigenvalue weighted by Crippen LogP contribution is -2.49. The van der Waals surface area contributed by atoms with E-state index in [1.807, 2.05) is 85.8 Å². The van der Waals surface area contributed by atoms with Gasteiger partial charge in [0.2, 0.25) is 11.8 Å². The van der Waals surface area contributed by atoms with Crippen molar-refractivity contribution in [1.82, 2.24) is 10.2 Å². The molecule has 166 valence electrons. The molecule has 3 aromatic carbocycles. The number of hydrogen-bond donors (Lipinski definition) is 1. The Balaban J connectivity index is 1.87. The van der Waals surface area contributed by atoms with Crippen LogP contribution in [0.2, 0.25) is 5.02 Å². The zero-order valence-corrected chi connectivity index (χ0v) is 19.3. The Bertz CT molecular complexity index is 1040. The van der Waals surface area contributed by atoms with Crippen molar-refractivity contribution in [3.63, 3.8) is 0 Å². The molecule has 1 N–H and O–H groups in total. The summed E-state index contributed by atoms with van der Waals surface area (Å²) in [5.41, 5.74) is 4.08. The number of likely N-dealkylation sites (N-methyl/N-ethyl adjacent to an activating group) is 1. The molecule has 0 fully saturated rings. The molecule has 0 saturated heterocycles. The fourth-order valence-corrected chi connectivity index (χ4v) is 3.93. The minimum Gasteiger partial charge on any atom is -0.357 e. The Hall–Kier alpha value is -3.11. The third kappa shape index (κ3) is 6.44. The maximum Gasteiger partial charge on any atom is 0.242 e. The molecule has 0 heterocycles. The SMILES string of the molecule is CNC(=O)[C@@H](Cc1ccccc1)N(Cc1ccc(C)cc1)C(=O)CCc1ccccc1Cl. The normalized spacial score (nSPS) is 11.6. The predicted molar refractivity (Wildman–Crippen MR) is 130 cm³/mol. The molecule has 0 aliphatic carbocycles. The third-order valence-corrected chi connectivity index (χ3v) is 5.93. The largest absolute Gasteiger partial charge is 0.357 e. The van der Waals surface area contributed by atoms with Gasteiger partial charge in [0.05, 0.1) is 0 Å². The summed E-state index contributed by atoms with van der Waals surface area (Å²) < 4.78 is 0. The van der Waals surface area contributed by atoms with Crippen LogP contribution in [0.1, 0.15) is 28.7 Å². The van der Waals surface area contributed by atoms with Crippen LogP contribution in [0.4, 0.5) is 0 Å². The lowest BCUT2D eigenvalue weighted by atomic mass is 10.0. The highest BCUT2D eigenvalue weighted by molar-refractivity contribution is 6.31. The quantitative estimate of drug-likeness (QED) is 0.502. The topological polar surface area (TPSA) is 49.4 Å². The molecule has 0 saturated carbocycles. The summed E-state index contributed by atoms with van der Waals surface area (Å²) in [6.07, 6.45) is 1.25. The van der Waals surface area contributed by atoms with Crippen molar-refractivity contribution < 1.29 is 9.59 Å². The van der Waals surface area contributed by atoms with Crippen molar-refractivity contribution in [1.29, 1.82) is 0 Å². The Labute approximate surface area is 195 Å². The number of hydrogen-bond acceptors (Lipinski definition) is 2. The van der Waals surface area contributed by atoms with Gasteiger partial charge >= 0.3 is 0 Å². The van der Waals surface area contributed by atoms with E-state index in [0.29, 0.717) is 24.4 Å². The molecule has 2 amide bonds. The third-order valence-electron chi connectivity index (χ3n) is 5.56. The molecule has 4 nitrogen and oxygen atoms in total. The maximum absolute atomic E-state index is 13.5. The highest BCUT2D eigenvalue weighted by Gasteiger charge is 2.29. The smallest absolute Gasteiger partial charge is 0.242 e. The van der Waals surface area contributed by atoms with E-state index in [4.69, 9.17) is 11.6 Å². The summed E-state index contributed by atoms with van der Waals surface area (Å²) in [6.45, 7) is 2.39. The molecule has 0 aliphatic heterocycles. The molecule has 0 spiro atoms. The van der Waals surface area contributed by atoms with Crippen LogP contribution in [-0.4, -0.2) is 29.8 Å². The van der Waals surface area contributed by atoms with Crippen molar-refractivity contribution in [2.75, 3.05) is 7.05 Å². The lowest BCUT2D eigenvalue weighted by molar-refractivity contribution is -0.141. The molecule has 0 aliphatic rings. The first-order valence-corrected chi connectivity index (χ1v) is 11.2. The van der Waals surface area contributed by atoms with Gasteiger partial charge in [-0.1, -0.05) is 90.0 Å². The number of halogens is 1. The van der Waals surface area contributed by atoms with Gasteiger partial charge in [-0.25, -0.2) is 0 Å². The van der Waals surface area contributed by atoms with E-state index in [1.54, 1.807) is 11.9 Å². The van der Waals surface area contributed by atoms with Gasteiger partial charge in [0.25, 0.3) is 0 Å². The van der Waals surface area contributed by atoms with Gasteiger partial charge in [-0.15, -0.1) is 0 Å². The molecule has 0 aromatic heterocycles. The minimum absolute atomic E-state index is 0.0741. The summed E-state index contributed by atoms with van der Waals surface area (Å²) in [7, 11) is 1.61. The summed E-state index contributed by atoms with van der Waals surface area (Å²) in [5.74, 6) is -0.248. The number of carbonyl (C=O) groups is 2. The first-order valence-electron chi connectivity index (χ1n) is 10.8. The van der Waals surface area contributed by atoms with Gasteiger partial charge in [0.15, 0.2) is 0 Å². The molecule has 3 aromatic rings. The lowest BCUT2D eigenvalue weighted by Gasteiger charge is -2.31. The second-order valence-corrected chi connectivity index (χ2v) is 8.33. The molecular formula is C27H29ClN2O2. The Morgan fingerprint density at radius 2 is 1.56 bits per heavy atom. The van der Waals surface area contributed by atoms with Crippen LogP contribution in [0.25, 0.3) is 0 Å². The van der Waals surface area contributed by atoms with Crippen molar-refractivity contribution >= 4 is 23.4 Å². The van der Waals surface area contributed by atoms with Gasteiger partial charge in [-0.05, 0) is 36.1 Å². The Morgan fingerprint density at radius 1 is 0.906 bits per heavy atom. The van der Waals surface area contributed by atoms with Crippen molar-refractivity contribution in [2.24, 2.45) is 0 Å². The second-order valence-electron chi connectivity index (χ2n) is 7.92. The van der Waals surface area contributed by atoms with Crippen LogP contribution in [0.3, 0.4) is 0 Å². The number of benzene rings is 3. The maximum atomic E-state index is 13.5. The van der Waals surface area contributed by atoms with Gasteiger partial charge < -0.3 is 10.2 Å². The molecule has 32 heavy (non-hydrogen) atoms. The summed E-state index contributed by atoms with van der Waals surface area (Å²) in [4.78, 5) is 28.1. The van der Waals surface area contributed by atoms with Crippen LogP contribution in [0, 0.1) is 6.92 Å². The second kappa shape index (κ2) is 11.5. The standard InChI is InChI=1S/C27H29ClN2O2/c1-20-12-14-22(15-13-20)19-30(26(31)17-16-23-10-6-7-11-24(23)28)25(27(32)29-2)18-21-8-4-3-5-9-21/h3-15,25H,16-19H2,1-2H3,(H,29,32)/t25-/m1/s1. The Kier molecular flexibility index (Phi) is 8.46. The van der Waals surface area contributed by atoms with E-state index in [0.717, 1.165) is 22.3 Å². The van der Waals surface area contributed by atoms with E-state index in [1.165, 1.54) is 0 Å². The fourth-order valence-electron chi connectivity index (χ4n) is 3.70. The van der Waals surface area contributed by atoms with Crippen molar-refractivity contribution in [3.8, 4) is 0 Å². The molecule has 1 atom stereocenters. The average Bonchev–Trinajstić information content (AvgIpc) is 2.82. The molecule has 3 rings (SSSR count). The number of nitrogens with zero attached hydrogens (tertiary/aromatic N) is 1. The van der Waals surface area contributed by atoms with Gasteiger partial charge in [-0.3, -0.25) is 9.59 Å². The van der Waals surface area contributed by atoms with Crippen molar-refractivity contribution in [2.45, 2.75) is 38.8 Å². The van der Waals surface area contributed by atoms with E-state index < -0.39 is 6.04 Å². The van der Waals surface area contributed by atoms with Crippen molar-refractivity contribution in [3.05, 3.63) is 106 Å². The summed E-state index contributed by atoms with van der Waals surface area (Å²) in [6, 6.07) is 24.8. The molecule has 0 radical (unpaired) electrons. The summed E-state index contributed by atoms with van der Waals surface area (Å²) in [5, 5.41) is 3.40. The molecule has 0 bridgehead atoms. The number of aryl methyl sites for hydroxylation is 2. The number of amides is 2. The average molecular weight is 449 g/mol. The first-order chi connectivity index (χ1) is 15.5. The van der Waals surface area contributed by atoms with Gasteiger partial charge in [0.1, 0.15) is 6.04 Å². The number of rotatable bonds is 9. The first kappa shape index (κ1) is 23.6. The van der Waals surface area contributed by atoms with Crippen LogP contribution in [0.5, 0.6) is 0 Å². The highest BCUT2D eigenvalue weighted by atomic mass is 35.5. The van der Waals surface area contributed by atoms with Crippen LogP contribution in [0.15, 0.2) is 78.9 Å². The fraction of sp³-hybridized carbons (Fsp3) is 0.259. The monoisotopic (exact) mass is 448 g/mol. The molecular weight excluding hydrogens is 420 g/mol. The minimum atomic E-state index is -0.609. The van der Waals surface area contributed by atoms with E-state index in [9.17, 15) is 9.59 Å². The van der Waals surface area contributed by atoms with E-state index in [2.05, 4.69) is 5.32 Å². The Morgan fingerprint density at radius 3 is 2.22 bits per heavy atom. The predicted octanol–water partition coefficient (Wildman–Crippen LogP) is 4.97. The van der Waals surface area contributed by atoms with E-state index >= 15 is 0 Å². The zero-order valence-electron chi connectivity index (χ0n) is 18.6. The highest BCUT2D eigenvalue weighted by Crippen LogP contribution is 2.20. The van der Waals surface area contributed by atoms with Gasteiger partial charge in [-0.2, -0.15) is 0 Å². The van der Waals surface area contributed by atoms with Crippen LogP contribution < -0.4 is 5.32 Å².